The van der Waals surface area contributed by atoms with Crippen LogP contribution in [-0.4, -0.2) is 11.4 Å². The molecular weight excluding hydrogens is 246 g/mol. The number of thiophene rings is 1. The van der Waals surface area contributed by atoms with Gasteiger partial charge in [0, 0.05) is 5.56 Å². The molecular formula is C14H9NO2S. The van der Waals surface area contributed by atoms with Crippen molar-refractivity contribution < 1.29 is 9.32 Å². The van der Waals surface area contributed by atoms with E-state index in [1.165, 1.54) is 11.3 Å². The fourth-order valence-corrected chi connectivity index (χ4v) is 2.51. The van der Waals surface area contributed by atoms with Crippen LogP contribution in [0, 0.1) is 0 Å². The number of rotatable bonds is 3. The molecule has 0 aliphatic heterocycles. The van der Waals surface area contributed by atoms with Gasteiger partial charge < -0.3 is 4.52 Å². The zero-order valence-corrected chi connectivity index (χ0v) is 10.2. The van der Waals surface area contributed by atoms with E-state index < -0.39 is 0 Å². The van der Waals surface area contributed by atoms with Crippen LogP contribution in [0.15, 0.2) is 52.4 Å². The van der Waals surface area contributed by atoms with E-state index in [9.17, 15) is 4.79 Å². The van der Waals surface area contributed by atoms with Crippen molar-refractivity contribution >= 4 is 17.6 Å². The highest BCUT2D eigenvalue weighted by Crippen LogP contribution is 2.33. The Morgan fingerprint density at radius 1 is 1.11 bits per heavy atom. The molecule has 0 fully saturated rings. The van der Waals surface area contributed by atoms with Crippen molar-refractivity contribution in [2.24, 2.45) is 0 Å². The summed E-state index contributed by atoms with van der Waals surface area (Å²) in [5, 5.41) is 5.95. The number of aldehydes is 1. The first kappa shape index (κ1) is 10.9. The maximum absolute atomic E-state index is 11.3. The minimum Gasteiger partial charge on any atom is -0.354 e. The maximum atomic E-state index is 11.3. The molecule has 0 spiro atoms. The number of hydrogen-bond acceptors (Lipinski definition) is 4. The fourth-order valence-electron chi connectivity index (χ4n) is 1.80. The van der Waals surface area contributed by atoms with Crippen molar-refractivity contribution in [1.29, 1.82) is 0 Å². The second-order valence-electron chi connectivity index (χ2n) is 3.74. The van der Waals surface area contributed by atoms with Crippen LogP contribution in [0.2, 0.25) is 0 Å². The van der Waals surface area contributed by atoms with Crippen LogP contribution in [0.25, 0.3) is 21.9 Å². The van der Waals surface area contributed by atoms with Crippen LogP contribution < -0.4 is 0 Å². The molecule has 88 valence electrons. The number of carbonyl (C=O) groups is 1. The third-order valence-electron chi connectivity index (χ3n) is 2.64. The normalized spacial score (nSPS) is 10.4. The van der Waals surface area contributed by atoms with Crippen molar-refractivity contribution in [2.75, 3.05) is 0 Å². The molecule has 2 aromatic heterocycles. The van der Waals surface area contributed by atoms with E-state index >= 15 is 0 Å². The van der Waals surface area contributed by atoms with Crippen molar-refractivity contribution in [2.45, 2.75) is 0 Å². The topological polar surface area (TPSA) is 43.1 Å². The third kappa shape index (κ3) is 1.76. The number of benzene rings is 1. The summed E-state index contributed by atoms with van der Waals surface area (Å²) in [6.45, 7) is 0. The van der Waals surface area contributed by atoms with Gasteiger partial charge in [-0.1, -0.05) is 41.6 Å². The van der Waals surface area contributed by atoms with E-state index in [0.29, 0.717) is 17.0 Å². The number of hydrogen-bond donors (Lipinski definition) is 0. The van der Waals surface area contributed by atoms with Gasteiger partial charge in [0.2, 0.25) is 0 Å². The van der Waals surface area contributed by atoms with Crippen LogP contribution in [0.4, 0.5) is 0 Å². The average molecular weight is 255 g/mol. The Labute approximate surface area is 108 Å². The van der Waals surface area contributed by atoms with E-state index in [2.05, 4.69) is 5.16 Å². The highest BCUT2D eigenvalue weighted by molar-refractivity contribution is 7.13. The van der Waals surface area contributed by atoms with E-state index in [1.807, 2.05) is 47.8 Å². The Morgan fingerprint density at radius 2 is 1.94 bits per heavy atom. The average Bonchev–Trinajstić information content (AvgIpc) is 3.08. The lowest BCUT2D eigenvalue weighted by molar-refractivity contribution is 0.112. The van der Waals surface area contributed by atoms with Crippen molar-refractivity contribution in [3.63, 3.8) is 0 Å². The lowest BCUT2D eigenvalue weighted by Crippen LogP contribution is -1.85. The first-order chi connectivity index (χ1) is 8.90. The summed E-state index contributed by atoms with van der Waals surface area (Å²) in [6, 6.07) is 13.4. The first-order valence-corrected chi connectivity index (χ1v) is 6.32. The molecule has 3 aromatic rings. The molecule has 0 aliphatic rings. The SMILES string of the molecule is O=Cc1c(-c2ccccc2)noc1-c1cccs1. The minimum atomic E-state index is 0.503. The molecule has 0 saturated heterocycles. The molecule has 0 N–H and O–H groups in total. The number of aromatic nitrogens is 1. The summed E-state index contributed by atoms with van der Waals surface area (Å²) in [5.74, 6) is 0.541. The summed E-state index contributed by atoms with van der Waals surface area (Å²) >= 11 is 1.52. The molecule has 4 heteroatoms. The van der Waals surface area contributed by atoms with Gasteiger partial charge in [-0.15, -0.1) is 11.3 Å². The molecule has 18 heavy (non-hydrogen) atoms. The Balaban J connectivity index is 2.16. The van der Waals surface area contributed by atoms with Crippen LogP contribution in [0.3, 0.4) is 0 Å². The molecule has 0 bridgehead atoms. The summed E-state index contributed by atoms with van der Waals surface area (Å²) < 4.78 is 5.31. The number of carbonyl (C=O) groups excluding carboxylic acids is 1. The summed E-state index contributed by atoms with van der Waals surface area (Å²) in [6.07, 6.45) is 0.799. The predicted molar refractivity (Wildman–Crippen MR) is 70.6 cm³/mol. The monoisotopic (exact) mass is 255 g/mol. The largest absolute Gasteiger partial charge is 0.354 e. The van der Waals surface area contributed by atoms with Gasteiger partial charge in [0.1, 0.15) is 5.69 Å². The highest BCUT2D eigenvalue weighted by atomic mass is 32.1. The van der Waals surface area contributed by atoms with E-state index in [0.717, 1.165) is 16.7 Å². The van der Waals surface area contributed by atoms with Crippen LogP contribution in [0.5, 0.6) is 0 Å². The molecule has 0 aliphatic carbocycles. The fraction of sp³-hybridized carbons (Fsp3) is 0. The lowest BCUT2D eigenvalue weighted by atomic mass is 10.1. The van der Waals surface area contributed by atoms with Crippen molar-refractivity contribution in [3.8, 4) is 21.9 Å². The predicted octanol–water partition coefficient (Wildman–Crippen LogP) is 3.88. The van der Waals surface area contributed by atoms with Gasteiger partial charge in [0.25, 0.3) is 0 Å². The van der Waals surface area contributed by atoms with Gasteiger partial charge in [-0.25, -0.2) is 0 Å². The molecule has 1 aromatic carbocycles. The van der Waals surface area contributed by atoms with E-state index in [1.54, 1.807) is 0 Å². The molecule has 0 saturated carbocycles. The number of nitrogens with zero attached hydrogens (tertiary/aromatic N) is 1. The van der Waals surface area contributed by atoms with Gasteiger partial charge in [-0.05, 0) is 11.4 Å². The zero-order chi connectivity index (χ0) is 12.4. The van der Waals surface area contributed by atoms with Gasteiger partial charge in [-0.3, -0.25) is 4.79 Å². The molecule has 0 radical (unpaired) electrons. The van der Waals surface area contributed by atoms with Gasteiger partial charge >= 0.3 is 0 Å². The highest BCUT2D eigenvalue weighted by Gasteiger charge is 2.18. The van der Waals surface area contributed by atoms with E-state index in [4.69, 9.17) is 4.52 Å². The Kier molecular flexibility index (Phi) is 2.78. The smallest absolute Gasteiger partial charge is 0.187 e. The Hall–Kier alpha value is -2.20. The van der Waals surface area contributed by atoms with Gasteiger partial charge in [-0.2, -0.15) is 0 Å². The van der Waals surface area contributed by atoms with Gasteiger partial charge in [0.05, 0.1) is 10.4 Å². The molecule has 0 amide bonds. The van der Waals surface area contributed by atoms with Crippen molar-refractivity contribution in [1.82, 2.24) is 5.16 Å². The first-order valence-electron chi connectivity index (χ1n) is 5.44. The van der Waals surface area contributed by atoms with Gasteiger partial charge in [0.15, 0.2) is 12.0 Å². The van der Waals surface area contributed by atoms with E-state index in [-0.39, 0.29) is 0 Å². The third-order valence-corrected chi connectivity index (χ3v) is 3.51. The summed E-state index contributed by atoms with van der Waals surface area (Å²) in [7, 11) is 0. The second-order valence-corrected chi connectivity index (χ2v) is 4.68. The van der Waals surface area contributed by atoms with Crippen LogP contribution in [0.1, 0.15) is 10.4 Å². The van der Waals surface area contributed by atoms with Crippen LogP contribution in [-0.2, 0) is 0 Å². The molecule has 0 atom stereocenters. The molecule has 3 rings (SSSR count). The summed E-state index contributed by atoms with van der Waals surface area (Å²) in [4.78, 5) is 12.2. The van der Waals surface area contributed by atoms with Crippen molar-refractivity contribution in [3.05, 3.63) is 53.4 Å². The maximum Gasteiger partial charge on any atom is 0.187 e. The lowest BCUT2D eigenvalue weighted by Gasteiger charge is -1.95. The second kappa shape index (κ2) is 4.58. The quantitative estimate of drug-likeness (QED) is 0.667. The molecule has 2 heterocycles. The minimum absolute atomic E-state index is 0.503. The summed E-state index contributed by atoms with van der Waals surface area (Å²) in [5.41, 5.74) is 1.98. The van der Waals surface area contributed by atoms with Crippen LogP contribution >= 0.6 is 11.3 Å². The molecule has 0 unspecified atom stereocenters. The standard InChI is InChI=1S/C14H9NO2S/c16-9-11-13(10-5-2-1-3-6-10)15-17-14(11)12-7-4-8-18-12/h1-9H. The Bertz CT molecular complexity index is 656. The molecule has 3 nitrogen and oxygen atoms in total. The Morgan fingerprint density at radius 3 is 2.61 bits per heavy atom. The zero-order valence-electron chi connectivity index (χ0n) is 9.37.